The minimum absolute atomic E-state index is 0.000366. The standard InChI is InChI=1S/C30H26O8/c1-16(2)14-36-19-8-5-17(6-9-19)20-12-26(32)38-25-13-22(31)28-29(33)21(15-37-30(28)27(20)25)18-7-10-23(34-3)24(11-18)35-4/h5-11,13,15,20,31H,1,12,14H2,2-4H3/t20-/m0/s1. The van der Waals surface area contributed by atoms with E-state index in [4.69, 9.17) is 23.4 Å². The van der Waals surface area contributed by atoms with Crippen LogP contribution in [0.3, 0.4) is 0 Å². The van der Waals surface area contributed by atoms with Crippen LogP contribution in [0.15, 0.2) is 76.2 Å². The summed E-state index contributed by atoms with van der Waals surface area (Å²) < 4.78 is 27.8. The maximum absolute atomic E-state index is 13.6. The summed E-state index contributed by atoms with van der Waals surface area (Å²) in [5.41, 5.74) is 2.72. The molecule has 1 aromatic heterocycles. The SMILES string of the molecule is C=C(C)COc1ccc([C@@H]2CC(=O)Oc3cc(O)c4c(=O)c(-c5ccc(OC)c(OC)c5)coc4c32)cc1. The summed E-state index contributed by atoms with van der Waals surface area (Å²) >= 11 is 0. The molecule has 0 spiro atoms. The maximum Gasteiger partial charge on any atom is 0.312 e. The third-order valence-electron chi connectivity index (χ3n) is 6.43. The Bertz CT molecular complexity index is 1610. The molecule has 0 amide bonds. The number of hydrogen-bond acceptors (Lipinski definition) is 8. The second-order valence-electron chi connectivity index (χ2n) is 9.11. The van der Waals surface area contributed by atoms with Gasteiger partial charge in [0.15, 0.2) is 11.5 Å². The lowest BCUT2D eigenvalue weighted by Crippen LogP contribution is -2.22. The van der Waals surface area contributed by atoms with Crippen molar-refractivity contribution in [3.63, 3.8) is 0 Å². The Morgan fingerprint density at radius 2 is 1.79 bits per heavy atom. The predicted octanol–water partition coefficient (Wildman–Crippen LogP) is 5.58. The number of benzene rings is 3. The average molecular weight is 515 g/mol. The summed E-state index contributed by atoms with van der Waals surface area (Å²) in [5, 5.41) is 10.8. The van der Waals surface area contributed by atoms with Gasteiger partial charge in [0.25, 0.3) is 0 Å². The van der Waals surface area contributed by atoms with E-state index in [-0.39, 0.29) is 34.5 Å². The number of ether oxygens (including phenoxy) is 4. The van der Waals surface area contributed by atoms with Crippen molar-refractivity contribution in [2.75, 3.05) is 20.8 Å². The first kappa shape index (κ1) is 25.0. The number of aromatic hydroxyl groups is 1. The van der Waals surface area contributed by atoms with Gasteiger partial charge in [-0.15, -0.1) is 0 Å². The Hall–Kier alpha value is -4.72. The lowest BCUT2D eigenvalue weighted by molar-refractivity contribution is -0.135. The van der Waals surface area contributed by atoms with Crippen molar-refractivity contribution in [3.8, 4) is 39.9 Å². The molecule has 1 aliphatic rings. The van der Waals surface area contributed by atoms with Crippen molar-refractivity contribution in [3.05, 3.63) is 88.3 Å². The summed E-state index contributed by atoms with van der Waals surface area (Å²) in [5.74, 6) is 0.526. The molecule has 8 heteroatoms. The Balaban J connectivity index is 1.63. The van der Waals surface area contributed by atoms with Crippen LogP contribution in [-0.2, 0) is 4.79 Å². The van der Waals surface area contributed by atoms with Crippen LogP contribution in [0.2, 0.25) is 0 Å². The van der Waals surface area contributed by atoms with Gasteiger partial charge < -0.3 is 28.5 Å². The second kappa shape index (κ2) is 9.97. The van der Waals surface area contributed by atoms with Gasteiger partial charge >= 0.3 is 5.97 Å². The summed E-state index contributed by atoms with van der Waals surface area (Å²) in [7, 11) is 3.03. The van der Waals surface area contributed by atoms with E-state index in [2.05, 4.69) is 6.58 Å². The lowest BCUT2D eigenvalue weighted by atomic mass is 9.85. The maximum atomic E-state index is 13.6. The minimum atomic E-state index is -0.459. The number of fused-ring (bicyclic) bond motifs is 3. The molecule has 1 atom stereocenters. The molecule has 0 bridgehead atoms. The molecule has 1 N–H and O–H groups in total. The first-order valence-corrected chi connectivity index (χ1v) is 11.9. The van der Waals surface area contributed by atoms with Crippen LogP contribution < -0.4 is 24.4 Å². The van der Waals surface area contributed by atoms with Gasteiger partial charge in [-0.05, 0) is 47.9 Å². The van der Waals surface area contributed by atoms with Crippen molar-refractivity contribution in [2.24, 2.45) is 0 Å². The van der Waals surface area contributed by atoms with E-state index in [0.717, 1.165) is 11.1 Å². The first-order valence-electron chi connectivity index (χ1n) is 11.9. The first-order chi connectivity index (χ1) is 18.3. The van der Waals surface area contributed by atoms with Crippen LogP contribution in [-0.4, -0.2) is 31.9 Å². The quantitative estimate of drug-likeness (QED) is 0.194. The molecule has 2 heterocycles. The van der Waals surface area contributed by atoms with Gasteiger partial charge in [-0.2, -0.15) is 0 Å². The van der Waals surface area contributed by atoms with Crippen LogP contribution in [0.4, 0.5) is 0 Å². The molecule has 1 aliphatic heterocycles. The van der Waals surface area contributed by atoms with Crippen LogP contribution in [0, 0.1) is 0 Å². The fraction of sp³-hybridized carbons (Fsp3) is 0.200. The molecule has 0 radical (unpaired) electrons. The normalized spacial score (nSPS) is 14.5. The number of phenols is 1. The summed E-state index contributed by atoms with van der Waals surface area (Å²) in [6.45, 7) is 6.11. The fourth-order valence-corrected chi connectivity index (χ4v) is 4.62. The molecule has 5 rings (SSSR count). The fourth-order valence-electron chi connectivity index (χ4n) is 4.62. The Morgan fingerprint density at radius 3 is 2.47 bits per heavy atom. The zero-order valence-corrected chi connectivity index (χ0v) is 21.2. The molecule has 0 unspecified atom stereocenters. The third kappa shape index (κ3) is 4.45. The van der Waals surface area contributed by atoms with Crippen LogP contribution in [0.25, 0.3) is 22.1 Å². The molecular weight excluding hydrogens is 488 g/mol. The van der Waals surface area contributed by atoms with E-state index < -0.39 is 17.3 Å². The molecule has 8 nitrogen and oxygen atoms in total. The van der Waals surface area contributed by atoms with Gasteiger partial charge in [-0.1, -0.05) is 24.8 Å². The van der Waals surface area contributed by atoms with Crippen molar-refractivity contribution in [1.82, 2.24) is 0 Å². The van der Waals surface area contributed by atoms with Crippen molar-refractivity contribution >= 4 is 16.9 Å². The number of hydrogen-bond donors (Lipinski definition) is 1. The van der Waals surface area contributed by atoms with E-state index in [1.54, 1.807) is 18.2 Å². The van der Waals surface area contributed by atoms with E-state index in [9.17, 15) is 14.7 Å². The molecule has 38 heavy (non-hydrogen) atoms. The van der Waals surface area contributed by atoms with Gasteiger partial charge in [-0.25, -0.2) is 0 Å². The smallest absolute Gasteiger partial charge is 0.312 e. The number of carbonyl (C=O) groups excluding carboxylic acids is 1. The Labute approximate surface area is 218 Å². The largest absolute Gasteiger partial charge is 0.507 e. The number of methoxy groups -OCH3 is 2. The summed E-state index contributed by atoms with van der Waals surface area (Å²) in [4.78, 5) is 26.1. The predicted molar refractivity (Wildman–Crippen MR) is 142 cm³/mol. The summed E-state index contributed by atoms with van der Waals surface area (Å²) in [6, 6.07) is 13.7. The van der Waals surface area contributed by atoms with Gasteiger partial charge in [0.05, 0.1) is 26.2 Å². The zero-order valence-electron chi connectivity index (χ0n) is 21.2. The number of esters is 1. The van der Waals surface area contributed by atoms with Gasteiger partial charge in [0, 0.05) is 17.5 Å². The molecule has 0 saturated heterocycles. The number of phenolic OH excluding ortho intramolecular Hbond substituents is 1. The van der Waals surface area contributed by atoms with E-state index in [1.165, 1.54) is 26.5 Å². The molecule has 0 aliphatic carbocycles. The van der Waals surface area contributed by atoms with E-state index in [1.807, 2.05) is 31.2 Å². The van der Waals surface area contributed by atoms with Crippen LogP contribution in [0.5, 0.6) is 28.7 Å². The second-order valence-corrected chi connectivity index (χ2v) is 9.11. The average Bonchev–Trinajstić information content (AvgIpc) is 2.91. The summed E-state index contributed by atoms with van der Waals surface area (Å²) in [6.07, 6.45) is 1.38. The Kier molecular flexibility index (Phi) is 6.55. The minimum Gasteiger partial charge on any atom is -0.507 e. The van der Waals surface area contributed by atoms with Gasteiger partial charge in [0.1, 0.15) is 41.1 Å². The zero-order chi connectivity index (χ0) is 27.0. The number of carbonyl (C=O) groups is 1. The number of rotatable bonds is 7. The van der Waals surface area contributed by atoms with Crippen molar-refractivity contribution in [1.29, 1.82) is 0 Å². The highest BCUT2D eigenvalue weighted by atomic mass is 16.5. The van der Waals surface area contributed by atoms with E-state index in [0.29, 0.717) is 35.0 Å². The van der Waals surface area contributed by atoms with Crippen molar-refractivity contribution < 1.29 is 33.3 Å². The van der Waals surface area contributed by atoms with Crippen LogP contribution >= 0.6 is 0 Å². The van der Waals surface area contributed by atoms with Crippen molar-refractivity contribution in [2.45, 2.75) is 19.3 Å². The molecule has 194 valence electrons. The lowest BCUT2D eigenvalue weighted by Gasteiger charge is -2.26. The molecule has 0 saturated carbocycles. The molecule has 0 fully saturated rings. The van der Waals surface area contributed by atoms with Gasteiger partial charge in [-0.3, -0.25) is 9.59 Å². The van der Waals surface area contributed by atoms with E-state index >= 15 is 0 Å². The Morgan fingerprint density at radius 1 is 1.05 bits per heavy atom. The highest BCUT2D eigenvalue weighted by Gasteiger charge is 2.33. The molecular formula is C30H26O8. The topological polar surface area (TPSA) is 104 Å². The highest BCUT2D eigenvalue weighted by Crippen LogP contribution is 2.46. The monoisotopic (exact) mass is 514 g/mol. The molecule has 3 aromatic carbocycles. The third-order valence-corrected chi connectivity index (χ3v) is 6.43. The molecule has 4 aromatic rings. The highest BCUT2D eigenvalue weighted by molar-refractivity contribution is 5.94. The van der Waals surface area contributed by atoms with Crippen LogP contribution in [0.1, 0.15) is 30.4 Å². The van der Waals surface area contributed by atoms with Gasteiger partial charge in [0.2, 0.25) is 5.43 Å².